The first kappa shape index (κ1) is 7.30. The highest BCUT2D eigenvalue weighted by atomic mass is 127. The molecule has 0 amide bonds. The van der Waals surface area contributed by atoms with Gasteiger partial charge in [0, 0.05) is 0 Å². The quantitative estimate of drug-likeness (QED) is 0.797. The van der Waals surface area contributed by atoms with Gasteiger partial charge in [-0.3, -0.25) is 5.10 Å². The maximum Gasteiger partial charge on any atom is 0.103 e. The summed E-state index contributed by atoms with van der Waals surface area (Å²) < 4.78 is 1.08. The molecule has 0 aromatic carbocycles. The van der Waals surface area contributed by atoms with Gasteiger partial charge >= 0.3 is 0 Å². The van der Waals surface area contributed by atoms with E-state index in [4.69, 9.17) is 0 Å². The Morgan fingerprint density at radius 3 is 3.00 bits per heavy atom. The molecule has 0 saturated carbocycles. The molecule has 0 saturated heterocycles. The number of thiophene rings is 1. The molecule has 2 aromatic rings. The molecule has 4 heteroatoms. The molecule has 1 N–H and O–H groups in total. The van der Waals surface area contributed by atoms with Gasteiger partial charge in [-0.25, -0.2) is 0 Å². The van der Waals surface area contributed by atoms with Crippen molar-refractivity contribution in [3.05, 3.63) is 27.3 Å². The summed E-state index contributed by atoms with van der Waals surface area (Å²) in [6, 6.07) is 6.13. The predicted molar refractivity (Wildman–Crippen MR) is 54.6 cm³/mol. The molecule has 2 heterocycles. The van der Waals surface area contributed by atoms with Gasteiger partial charge in [0.05, 0.1) is 8.58 Å². The summed E-state index contributed by atoms with van der Waals surface area (Å²) >= 11 is 3.92. The molecular weight excluding hydrogens is 271 g/mol. The average molecular weight is 276 g/mol. The van der Waals surface area contributed by atoms with E-state index >= 15 is 0 Å². The van der Waals surface area contributed by atoms with Crippen LogP contribution in [-0.4, -0.2) is 10.2 Å². The van der Waals surface area contributed by atoms with Crippen molar-refractivity contribution in [1.82, 2.24) is 10.2 Å². The normalized spacial score (nSPS) is 10.3. The number of nitrogens with one attached hydrogen (secondary N) is 1. The fourth-order valence-corrected chi connectivity index (χ4v) is 1.95. The van der Waals surface area contributed by atoms with Crippen LogP contribution in [0.5, 0.6) is 0 Å². The Morgan fingerprint density at radius 2 is 2.45 bits per heavy atom. The maximum absolute atomic E-state index is 4.14. The van der Waals surface area contributed by atoms with Gasteiger partial charge in [0.25, 0.3) is 0 Å². The summed E-state index contributed by atoms with van der Waals surface area (Å²) in [5, 5.41) is 9.09. The zero-order valence-corrected chi connectivity index (χ0v) is 8.52. The third kappa shape index (κ3) is 1.46. The fourth-order valence-electron chi connectivity index (χ4n) is 0.849. The molecule has 0 spiro atoms. The van der Waals surface area contributed by atoms with Crippen LogP contribution in [0.4, 0.5) is 0 Å². The number of rotatable bonds is 1. The van der Waals surface area contributed by atoms with Crippen LogP contribution in [0, 0.1) is 3.70 Å². The molecule has 0 atom stereocenters. The second-order valence-corrected chi connectivity index (χ2v) is 4.19. The van der Waals surface area contributed by atoms with Crippen LogP contribution >= 0.6 is 33.9 Å². The van der Waals surface area contributed by atoms with Gasteiger partial charge in [-0.15, -0.1) is 11.3 Å². The van der Waals surface area contributed by atoms with Crippen molar-refractivity contribution < 1.29 is 0 Å². The smallest absolute Gasteiger partial charge is 0.103 e. The van der Waals surface area contributed by atoms with Crippen LogP contribution in [0.3, 0.4) is 0 Å². The minimum absolute atomic E-state index is 1.03. The van der Waals surface area contributed by atoms with Crippen LogP contribution in [0.2, 0.25) is 0 Å². The first-order valence-corrected chi connectivity index (χ1v) is 5.07. The molecule has 0 radical (unpaired) electrons. The molecular formula is C7H5IN2S. The summed E-state index contributed by atoms with van der Waals surface area (Å²) in [5.74, 6) is 0. The van der Waals surface area contributed by atoms with E-state index in [1.807, 2.05) is 12.1 Å². The summed E-state index contributed by atoms with van der Waals surface area (Å²) in [6.45, 7) is 0. The molecule has 0 aliphatic carbocycles. The number of hydrogen-bond donors (Lipinski definition) is 1. The van der Waals surface area contributed by atoms with Gasteiger partial charge in [0.15, 0.2) is 0 Å². The van der Waals surface area contributed by atoms with Crippen LogP contribution in [0.25, 0.3) is 10.6 Å². The van der Waals surface area contributed by atoms with Crippen molar-refractivity contribution in [2.45, 2.75) is 0 Å². The van der Waals surface area contributed by atoms with Crippen LogP contribution < -0.4 is 0 Å². The van der Waals surface area contributed by atoms with Crippen LogP contribution in [0.1, 0.15) is 0 Å². The number of halogens is 1. The van der Waals surface area contributed by atoms with E-state index in [9.17, 15) is 0 Å². The molecule has 2 nitrogen and oxygen atoms in total. The molecule has 2 rings (SSSR count). The molecule has 0 unspecified atom stereocenters. The van der Waals surface area contributed by atoms with Gasteiger partial charge in [0.1, 0.15) is 5.69 Å². The van der Waals surface area contributed by atoms with Crippen LogP contribution in [0.15, 0.2) is 23.6 Å². The van der Waals surface area contributed by atoms with E-state index in [-0.39, 0.29) is 0 Å². The van der Waals surface area contributed by atoms with Crippen LogP contribution in [-0.2, 0) is 0 Å². The number of nitrogens with zero attached hydrogens (tertiary/aromatic N) is 1. The first-order valence-electron chi connectivity index (χ1n) is 3.11. The second kappa shape index (κ2) is 2.94. The zero-order chi connectivity index (χ0) is 7.68. The van der Waals surface area contributed by atoms with Crippen molar-refractivity contribution in [3.63, 3.8) is 0 Å². The lowest BCUT2D eigenvalue weighted by molar-refractivity contribution is 1.07. The lowest BCUT2D eigenvalue weighted by Crippen LogP contribution is -1.69. The highest BCUT2D eigenvalue weighted by Gasteiger charge is 2.01. The van der Waals surface area contributed by atoms with E-state index in [0.717, 1.165) is 9.39 Å². The summed E-state index contributed by atoms with van der Waals surface area (Å²) in [5.41, 5.74) is 1.03. The third-order valence-electron chi connectivity index (χ3n) is 1.32. The van der Waals surface area contributed by atoms with Gasteiger partial charge in [-0.2, -0.15) is 5.10 Å². The minimum atomic E-state index is 1.03. The molecule has 0 aliphatic rings. The molecule has 2 aromatic heterocycles. The van der Waals surface area contributed by atoms with E-state index < -0.39 is 0 Å². The maximum atomic E-state index is 4.14. The van der Waals surface area contributed by atoms with Crippen molar-refractivity contribution >= 4 is 33.9 Å². The predicted octanol–water partition coefficient (Wildman–Crippen LogP) is 2.74. The van der Waals surface area contributed by atoms with E-state index in [1.165, 1.54) is 4.88 Å². The molecule has 11 heavy (non-hydrogen) atoms. The largest absolute Gasteiger partial charge is 0.272 e. The highest BCUT2D eigenvalue weighted by molar-refractivity contribution is 14.1. The van der Waals surface area contributed by atoms with Gasteiger partial charge in [-0.05, 0) is 40.1 Å². The summed E-state index contributed by atoms with van der Waals surface area (Å²) in [6.07, 6.45) is 0. The second-order valence-electron chi connectivity index (χ2n) is 2.08. The topological polar surface area (TPSA) is 28.7 Å². The SMILES string of the molecule is Ic1cc(-c2cccs2)n[nH]1. The Kier molecular flexibility index (Phi) is 1.95. The summed E-state index contributed by atoms with van der Waals surface area (Å²) in [7, 11) is 0. The van der Waals surface area contributed by atoms with Gasteiger partial charge in [0.2, 0.25) is 0 Å². The Hall–Kier alpha value is -0.360. The number of hydrogen-bond acceptors (Lipinski definition) is 2. The Labute approximate surface area is 81.8 Å². The minimum Gasteiger partial charge on any atom is -0.272 e. The Balaban J connectivity index is 2.45. The Morgan fingerprint density at radius 1 is 1.55 bits per heavy atom. The lowest BCUT2D eigenvalue weighted by atomic mass is 10.3. The van der Waals surface area contributed by atoms with E-state index in [1.54, 1.807) is 11.3 Å². The molecule has 0 fully saturated rings. The van der Waals surface area contributed by atoms with Crippen molar-refractivity contribution in [3.8, 4) is 10.6 Å². The molecule has 56 valence electrons. The number of H-pyrrole nitrogens is 1. The average Bonchev–Trinajstić information content (AvgIpc) is 2.55. The number of aromatic nitrogens is 2. The first-order chi connectivity index (χ1) is 5.36. The molecule has 0 bridgehead atoms. The van der Waals surface area contributed by atoms with Crippen molar-refractivity contribution in [1.29, 1.82) is 0 Å². The Bertz CT molecular complexity index is 339. The summed E-state index contributed by atoms with van der Waals surface area (Å²) in [4.78, 5) is 1.21. The van der Waals surface area contributed by atoms with Gasteiger partial charge in [-0.1, -0.05) is 6.07 Å². The standard InChI is InChI=1S/C7H5IN2S/c8-7-4-5(9-10-7)6-2-1-3-11-6/h1-4H,(H,9,10). The lowest BCUT2D eigenvalue weighted by Gasteiger charge is -1.83. The van der Waals surface area contributed by atoms with Crippen molar-refractivity contribution in [2.24, 2.45) is 0 Å². The highest BCUT2D eigenvalue weighted by Crippen LogP contribution is 2.22. The monoisotopic (exact) mass is 276 g/mol. The third-order valence-corrected chi connectivity index (χ3v) is 2.77. The number of aromatic amines is 1. The van der Waals surface area contributed by atoms with Crippen molar-refractivity contribution in [2.75, 3.05) is 0 Å². The molecule has 0 aliphatic heterocycles. The van der Waals surface area contributed by atoms with Gasteiger partial charge < -0.3 is 0 Å². The van der Waals surface area contributed by atoms with E-state index in [0.29, 0.717) is 0 Å². The zero-order valence-electron chi connectivity index (χ0n) is 5.54. The fraction of sp³-hybridized carbons (Fsp3) is 0. The van der Waals surface area contributed by atoms with E-state index in [2.05, 4.69) is 44.2 Å².